The number of nitrogens with zero attached hydrogens (tertiary/aromatic N) is 1. The number of ether oxygens (including phenoxy) is 1. The van der Waals surface area contributed by atoms with Crippen LogP contribution in [0.2, 0.25) is 0 Å². The summed E-state index contributed by atoms with van der Waals surface area (Å²) >= 11 is 1.45. The van der Waals surface area contributed by atoms with Crippen LogP contribution in [0.1, 0.15) is 16.7 Å². The van der Waals surface area contributed by atoms with Gasteiger partial charge in [-0.15, -0.1) is 11.8 Å². The number of esters is 1. The first-order valence-corrected chi connectivity index (χ1v) is 9.27. The Balaban J connectivity index is 1.65. The van der Waals surface area contributed by atoms with Gasteiger partial charge in [0.2, 0.25) is 0 Å². The molecule has 0 spiro atoms. The molecule has 0 aliphatic rings. The van der Waals surface area contributed by atoms with Crippen molar-refractivity contribution in [1.29, 1.82) is 5.26 Å². The minimum atomic E-state index is -0.415. The summed E-state index contributed by atoms with van der Waals surface area (Å²) < 4.78 is 4.98. The van der Waals surface area contributed by atoms with Crippen LogP contribution in [0.25, 0.3) is 0 Å². The van der Waals surface area contributed by atoms with Gasteiger partial charge in [-0.2, -0.15) is 5.26 Å². The number of nitriles is 1. The number of nitrogens with one attached hydrogen (secondary N) is 1. The van der Waals surface area contributed by atoms with Crippen LogP contribution in [0, 0.1) is 18.3 Å². The van der Waals surface area contributed by atoms with E-state index in [1.165, 1.54) is 17.3 Å². The second kappa shape index (κ2) is 10.3. The van der Waals surface area contributed by atoms with E-state index in [4.69, 9.17) is 10.00 Å². The largest absolute Gasteiger partial charge is 0.455 e. The Morgan fingerprint density at radius 1 is 1.08 bits per heavy atom. The molecule has 0 aliphatic carbocycles. The fourth-order valence-electron chi connectivity index (χ4n) is 2.12. The Morgan fingerprint density at radius 3 is 2.38 bits per heavy atom. The molecule has 0 saturated heterocycles. The van der Waals surface area contributed by atoms with Crippen molar-refractivity contribution in [1.82, 2.24) is 0 Å². The van der Waals surface area contributed by atoms with E-state index in [0.29, 0.717) is 12.1 Å². The number of hydrogen-bond donors (Lipinski definition) is 1. The summed E-state index contributed by atoms with van der Waals surface area (Å²) in [6.07, 6.45) is 0.325. The molecule has 0 fully saturated rings. The summed E-state index contributed by atoms with van der Waals surface area (Å²) in [6.45, 7) is 1.71. The van der Waals surface area contributed by atoms with Crippen molar-refractivity contribution in [2.75, 3.05) is 17.7 Å². The SMILES string of the molecule is Cc1ccc(CSCC(=O)OCC(=O)Nc2ccc(CC#N)cc2)cc1. The normalized spacial score (nSPS) is 10.0. The van der Waals surface area contributed by atoms with Gasteiger partial charge in [0.05, 0.1) is 18.2 Å². The van der Waals surface area contributed by atoms with E-state index in [9.17, 15) is 9.59 Å². The third-order valence-corrected chi connectivity index (χ3v) is 4.47. The molecule has 0 unspecified atom stereocenters. The molecule has 0 saturated carbocycles. The van der Waals surface area contributed by atoms with E-state index in [0.717, 1.165) is 16.9 Å². The van der Waals surface area contributed by atoms with Crippen LogP contribution in [-0.4, -0.2) is 24.2 Å². The molecule has 0 aliphatic heterocycles. The first-order chi connectivity index (χ1) is 12.6. The summed E-state index contributed by atoms with van der Waals surface area (Å²) in [7, 11) is 0. The zero-order valence-corrected chi connectivity index (χ0v) is 15.3. The Labute approximate surface area is 157 Å². The van der Waals surface area contributed by atoms with Crippen LogP contribution in [0.4, 0.5) is 5.69 Å². The third kappa shape index (κ3) is 6.99. The highest BCUT2D eigenvalue weighted by Crippen LogP contribution is 2.13. The number of anilines is 1. The summed E-state index contributed by atoms with van der Waals surface area (Å²) in [5, 5.41) is 11.3. The Kier molecular flexibility index (Phi) is 7.72. The molecule has 0 aromatic heterocycles. The molecular weight excluding hydrogens is 348 g/mol. The first kappa shape index (κ1) is 19.5. The van der Waals surface area contributed by atoms with Gasteiger partial charge in [0.25, 0.3) is 5.91 Å². The van der Waals surface area contributed by atoms with Gasteiger partial charge in [-0.05, 0) is 30.2 Å². The molecule has 0 bridgehead atoms. The number of hydrogen-bond acceptors (Lipinski definition) is 5. The lowest BCUT2D eigenvalue weighted by Crippen LogP contribution is -2.21. The zero-order valence-electron chi connectivity index (χ0n) is 14.5. The summed E-state index contributed by atoms with van der Waals surface area (Å²) in [5.74, 6) is 0.109. The van der Waals surface area contributed by atoms with Crippen molar-refractivity contribution in [3.8, 4) is 6.07 Å². The predicted molar refractivity (Wildman–Crippen MR) is 103 cm³/mol. The maximum absolute atomic E-state index is 11.8. The van der Waals surface area contributed by atoms with E-state index in [-0.39, 0.29) is 12.4 Å². The molecule has 1 amide bonds. The molecule has 0 heterocycles. The molecule has 2 aromatic rings. The zero-order chi connectivity index (χ0) is 18.8. The van der Waals surface area contributed by atoms with E-state index in [1.54, 1.807) is 24.3 Å². The van der Waals surface area contributed by atoms with Gasteiger partial charge in [0.15, 0.2) is 6.61 Å². The Hall–Kier alpha value is -2.78. The number of rotatable bonds is 8. The molecule has 2 aromatic carbocycles. The van der Waals surface area contributed by atoms with Gasteiger partial charge in [0.1, 0.15) is 0 Å². The second-order valence-electron chi connectivity index (χ2n) is 5.72. The quantitative estimate of drug-likeness (QED) is 0.722. The van der Waals surface area contributed by atoms with Crippen molar-refractivity contribution >= 4 is 29.3 Å². The van der Waals surface area contributed by atoms with Crippen molar-refractivity contribution in [2.24, 2.45) is 0 Å². The molecule has 6 heteroatoms. The topological polar surface area (TPSA) is 79.2 Å². The summed E-state index contributed by atoms with van der Waals surface area (Å²) in [4.78, 5) is 23.5. The van der Waals surface area contributed by atoms with Gasteiger partial charge in [-0.1, -0.05) is 42.0 Å². The Bertz CT molecular complexity index is 780. The van der Waals surface area contributed by atoms with Crippen molar-refractivity contribution < 1.29 is 14.3 Å². The smallest absolute Gasteiger partial charge is 0.316 e. The maximum Gasteiger partial charge on any atom is 0.316 e. The molecule has 2 rings (SSSR count). The molecule has 26 heavy (non-hydrogen) atoms. The van der Waals surface area contributed by atoms with E-state index >= 15 is 0 Å². The van der Waals surface area contributed by atoms with Crippen LogP contribution in [-0.2, 0) is 26.5 Å². The minimum absolute atomic E-state index is 0.198. The molecule has 0 radical (unpaired) electrons. The highest BCUT2D eigenvalue weighted by atomic mass is 32.2. The lowest BCUT2D eigenvalue weighted by molar-refractivity contribution is -0.144. The van der Waals surface area contributed by atoms with Gasteiger partial charge in [0, 0.05) is 11.4 Å². The second-order valence-corrected chi connectivity index (χ2v) is 6.70. The van der Waals surface area contributed by atoms with Gasteiger partial charge >= 0.3 is 5.97 Å². The lowest BCUT2D eigenvalue weighted by atomic mass is 10.1. The van der Waals surface area contributed by atoms with Crippen LogP contribution in [0.3, 0.4) is 0 Å². The van der Waals surface area contributed by atoms with Crippen LogP contribution in [0.15, 0.2) is 48.5 Å². The summed E-state index contributed by atoms with van der Waals surface area (Å²) in [6, 6.07) is 17.2. The third-order valence-electron chi connectivity index (χ3n) is 3.49. The highest BCUT2D eigenvalue weighted by molar-refractivity contribution is 7.99. The van der Waals surface area contributed by atoms with E-state index in [2.05, 4.69) is 11.4 Å². The first-order valence-electron chi connectivity index (χ1n) is 8.11. The predicted octanol–water partition coefficient (Wildman–Crippen LogP) is 3.48. The average Bonchev–Trinajstić information content (AvgIpc) is 2.63. The molecule has 5 nitrogen and oxygen atoms in total. The monoisotopic (exact) mass is 368 g/mol. The van der Waals surface area contributed by atoms with E-state index < -0.39 is 11.9 Å². The number of carbonyl (C=O) groups excluding carboxylic acids is 2. The molecule has 134 valence electrons. The number of carbonyl (C=O) groups is 2. The van der Waals surface area contributed by atoms with Crippen molar-refractivity contribution in [3.63, 3.8) is 0 Å². The van der Waals surface area contributed by atoms with Gasteiger partial charge in [-0.3, -0.25) is 9.59 Å². The molecule has 1 N–H and O–H groups in total. The maximum atomic E-state index is 11.8. The van der Waals surface area contributed by atoms with Crippen molar-refractivity contribution in [3.05, 3.63) is 65.2 Å². The number of thioether (sulfide) groups is 1. The van der Waals surface area contributed by atoms with E-state index in [1.807, 2.05) is 31.2 Å². The highest BCUT2D eigenvalue weighted by Gasteiger charge is 2.08. The van der Waals surface area contributed by atoms with Gasteiger partial charge < -0.3 is 10.1 Å². The van der Waals surface area contributed by atoms with Crippen LogP contribution in [0.5, 0.6) is 0 Å². The van der Waals surface area contributed by atoms with Crippen LogP contribution >= 0.6 is 11.8 Å². The molecular formula is C20H20N2O3S. The average molecular weight is 368 g/mol. The Morgan fingerprint density at radius 2 is 1.73 bits per heavy atom. The number of amides is 1. The fourth-order valence-corrected chi connectivity index (χ4v) is 2.90. The van der Waals surface area contributed by atoms with Gasteiger partial charge in [-0.25, -0.2) is 0 Å². The van der Waals surface area contributed by atoms with Crippen LogP contribution < -0.4 is 5.32 Å². The summed E-state index contributed by atoms with van der Waals surface area (Å²) in [5.41, 5.74) is 3.82. The van der Waals surface area contributed by atoms with Crippen molar-refractivity contribution in [2.45, 2.75) is 19.1 Å². The standard InChI is InChI=1S/C20H20N2O3S/c1-15-2-4-17(5-3-15)13-26-14-20(24)25-12-19(23)22-18-8-6-16(7-9-18)10-11-21/h2-9H,10,12-14H2,1H3,(H,22,23). The lowest BCUT2D eigenvalue weighted by Gasteiger charge is -2.07. The molecule has 0 atom stereocenters. The number of aryl methyl sites for hydroxylation is 1. The fraction of sp³-hybridized carbons (Fsp3) is 0.250. The number of benzene rings is 2. The minimum Gasteiger partial charge on any atom is -0.455 e.